The molecule has 0 spiro atoms. The van der Waals surface area contributed by atoms with E-state index in [1.807, 2.05) is 6.92 Å². The summed E-state index contributed by atoms with van der Waals surface area (Å²) in [6, 6.07) is 12.3. The van der Waals surface area contributed by atoms with Gasteiger partial charge in [0, 0.05) is 15.6 Å². The molecule has 3 aromatic rings. The zero-order valence-electron chi connectivity index (χ0n) is 16.1. The molecule has 4 rings (SSSR count). The van der Waals surface area contributed by atoms with Gasteiger partial charge < -0.3 is 5.11 Å². The average Bonchev–Trinajstić information content (AvgIpc) is 3.31. The van der Waals surface area contributed by atoms with Crippen molar-refractivity contribution in [1.29, 1.82) is 0 Å². The second kappa shape index (κ2) is 9.00. The molecule has 1 aliphatic heterocycles. The number of halogens is 2. The van der Waals surface area contributed by atoms with Crippen LogP contribution in [0.5, 0.6) is 0 Å². The number of Topliss-reactive ketones (excluding diaryl/α,β-unsaturated/α-hetero) is 1. The number of aromatic nitrogens is 2. The third kappa shape index (κ3) is 4.21. The lowest BCUT2D eigenvalue weighted by Crippen LogP contribution is -2.29. The number of benzene rings is 2. The minimum Gasteiger partial charge on any atom is -0.507 e. The van der Waals surface area contributed by atoms with Crippen LogP contribution in [0.4, 0.5) is 5.13 Å². The smallest absolute Gasteiger partial charge is 0.301 e. The van der Waals surface area contributed by atoms with Crippen molar-refractivity contribution >= 4 is 68.9 Å². The van der Waals surface area contributed by atoms with Crippen LogP contribution in [0, 0.1) is 0 Å². The highest BCUT2D eigenvalue weighted by Gasteiger charge is 2.48. The minimum absolute atomic E-state index is 0.0328. The van der Waals surface area contributed by atoms with E-state index in [9.17, 15) is 14.7 Å². The number of rotatable bonds is 5. The average molecular weight is 492 g/mol. The molecule has 1 aromatic heterocycles. The first kappa shape index (κ1) is 21.8. The van der Waals surface area contributed by atoms with Gasteiger partial charge in [-0.1, -0.05) is 65.4 Å². The summed E-state index contributed by atoms with van der Waals surface area (Å²) in [5.41, 5.74) is 0.953. The molecule has 6 nitrogen and oxygen atoms in total. The normalized spacial score (nSPS) is 18.0. The maximum Gasteiger partial charge on any atom is 0.301 e. The summed E-state index contributed by atoms with van der Waals surface area (Å²) < 4.78 is 0.687. The number of aliphatic hydroxyl groups excluding tert-OH is 1. The van der Waals surface area contributed by atoms with Crippen molar-refractivity contribution in [1.82, 2.24) is 10.2 Å². The largest absolute Gasteiger partial charge is 0.507 e. The van der Waals surface area contributed by atoms with Gasteiger partial charge in [-0.3, -0.25) is 14.5 Å². The number of amides is 1. The second-order valence-corrected chi connectivity index (χ2v) is 9.85. The zero-order valence-corrected chi connectivity index (χ0v) is 19.2. The van der Waals surface area contributed by atoms with Gasteiger partial charge >= 0.3 is 5.91 Å². The standard InChI is InChI=1S/C21H15Cl2N3O3S2/c1-2-30-21-25-24-20(31-21)26-16(11-3-7-13(22)8-4-11)15(18(28)19(26)29)17(27)12-5-9-14(23)10-6-12/h3-10,16,27H,2H2,1H3/b17-15+. The fourth-order valence-electron chi connectivity index (χ4n) is 3.24. The Morgan fingerprint density at radius 2 is 1.68 bits per heavy atom. The topological polar surface area (TPSA) is 83.4 Å². The van der Waals surface area contributed by atoms with E-state index >= 15 is 0 Å². The molecular formula is C21H15Cl2N3O3S2. The lowest BCUT2D eigenvalue weighted by Gasteiger charge is -2.22. The molecular weight excluding hydrogens is 477 g/mol. The summed E-state index contributed by atoms with van der Waals surface area (Å²) in [4.78, 5) is 27.4. The Hall–Kier alpha value is -2.39. The Balaban J connectivity index is 1.89. The van der Waals surface area contributed by atoms with E-state index < -0.39 is 17.7 Å². The van der Waals surface area contributed by atoms with E-state index in [0.29, 0.717) is 25.5 Å². The van der Waals surface area contributed by atoms with Crippen molar-refractivity contribution in [2.24, 2.45) is 0 Å². The van der Waals surface area contributed by atoms with Gasteiger partial charge in [0.2, 0.25) is 5.13 Å². The summed E-state index contributed by atoms with van der Waals surface area (Å²) in [5.74, 6) is -1.07. The molecule has 1 atom stereocenters. The van der Waals surface area contributed by atoms with Gasteiger partial charge in [0.1, 0.15) is 5.76 Å². The van der Waals surface area contributed by atoms with Crippen LogP contribution in [-0.4, -0.2) is 32.7 Å². The molecule has 0 saturated carbocycles. The molecule has 2 heterocycles. The molecule has 0 aliphatic carbocycles. The number of nitrogens with zero attached hydrogens (tertiary/aromatic N) is 3. The fraction of sp³-hybridized carbons (Fsp3) is 0.143. The van der Waals surface area contributed by atoms with Gasteiger partial charge in [-0.15, -0.1) is 10.2 Å². The minimum atomic E-state index is -0.875. The molecule has 1 unspecified atom stereocenters. The van der Waals surface area contributed by atoms with Crippen molar-refractivity contribution in [2.45, 2.75) is 17.3 Å². The number of thioether (sulfide) groups is 1. The van der Waals surface area contributed by atoms with Crippen LogP contribution in [0.15, 0.2) is 58.4 Å². The predicted molar refractivity (Wildman–Crippen MR) is 124 cm³/mol. The van der Waals surface area contributed by atoms with Gasteiger partial charge in [0.15, 0.2) is 4.34 Å². The molecule has 1 saturated heterocycles. The second-order valence-electron chi connectivity index (χ2n) is 6.51. The van der Waals surface area contributed by atoms with Crippen LogP contribution in [0.1, 0.15) is 24.1 Å². The quantitative estimate of drug-likeness (QED) is 0.165. The van der Waals surface area contributed by atoms with E-state index in [0.717, 1.165) is 5.75 Å². The predicted octanol–water partition coefficient (Wildman–Crippen LogP) is 5.58. The van der Waals surface area contributed by atoms with Crippen LogP contribution in [0.3, 0.4) is 0 Å². The molecule has 0 bridgehead atoms. The lowest BCUT2D eigenvalue weighted by atomic mass is 9.95. The summed E-state index contributed by atoms with van der Waals surface area (Å²) in [6.45, 7) is 1.98. The fourth-order valence-corrected chi connectivity index (χ4v) is 5.25. The molecule has 1 amide bonds. The lowest BCUT2D eigenvalue weighted by molar-refractivity contribution is -0.132. The van der Waals surface area contributed by atoms with Gasteiger partial charge in [-0.05, 0) is 47.7 Å². The third-order valence-electron chi connectivity index (χ3n) is 4.62. The third-order valence-corrected chi connectivity index (χ3v) is 7.06. The monoisotopic (exact) mass is 491 g/mol. The Bertz CT molecular complexity index is 1180. The van der Waals surface area contributed by atoms with Gasteiger partial charge in [-0.2, -0.15) is 0 Å². The summed E-state index contributed by atoms with van der Waals surface area (Å²) in [5, 5.41) is 20.5. The molecule has 31 heavy (non-hydrogen) atoms. The van der Waals surface area contributed by atoms with Crippen LogP contribution in [0.25, 0.3) is 5.76 Å². The van der Waals surface area contributed by atoms with Crippen LogP contribution < -0.4 is 4.90 Å². The van der Waals surface area contributed by atoms with Gasteiger partial charge in [0.25, 0.3) is 5.78 Å². The van der Waals surface area contributed by atoms with Gasteiger partial charge in [-0.25, -0.2) is 0 Å². The molecule has 1 N–H and O–H groups in total. The molecule has 1 aliphatic rings. The maximum absolute atomic E-state index is 13.0. The maximum atomic E-state index is 13.0. The highest BCUT2D eigenvalue weighted by atomic mass is 35.5. The molecule has 158 valence electrons. The molecule has 1 fully saturated rings. The summed E-state index contributed by atoms with van der Waals surface area (Å²) >= 11 is 14.7. The Kier molecular flexibility index (Phi) is 6.34. The van der Waals surface area contributed by atoms with E-state index in [1.165, 1.54) is 28.0 Å². The number of hydrogen-bond donors (Lipinski definition) is 1. The molecule has 2 aromatic carbocycles. The summed E-state index contributed by atoms with van der Waals surface area (Å²) in [6.07, 6.45) is 0. The summed E-state index contributed by atoms with van der Waals surface area (Å²) in [7, 11) is 0. The Labute approximate surface area is 196 Å². The number of hydrogen-bond acceptors (Lipinski definition) is 7. The first-order valence-electron chi connectivity index (χ1n) is 9.19. The van der Waals surface area contributed by atoms with E-state index in [1.54, 1.807) is 48.5 Å². The van der Waals surface area contributed by atoms with E-state index in [-0.39, 0.29) is 16.5 Å². The van der Waals surface area contributed by atoms with Crippen molar-refractivity contribution < 1.29 is 14.7 Å². The number of aliphatic hydroxyl groups is 1. The number of ketones is 1. The number of anilines is 1. The van der Waals surface area contributed by atoms with Crippen molar-refractivity contribution in [3.8, 4) is 0 Å². The number of carbonyl (C=O) groups is 2. The van der Waals surface area contributed by atoms with Gasteiger partial charge in [0.05, 0.1) is 11.6 Å². The Morgan fingerprint density at radius 1 is 1.06 bits per heavy atom. The molecule has 10 heteroatoms. The number of carbonyl (C=O) groups excluding carboxylic acids is 2. The van der Waals surface area contributed by atoms with Crippen LogP contribution in [0.2, 0.25) is 10.0 Å². The highest BCUT2D eigenvalue weighted by Crippen LogP contribution is 2.44. The first-order chi connectivity index (χ1) is 14.9. The van der Waals surface area contributed by atoms with E-state index in [2.05, 4.69) is 10.2 Å². The SMILES string of the molecule is CCSc1nnc(N2C(=O)C(=O)/C(=C(/O)c3ccc(Cl)cc3)C2c2ccc(Cl)cc2)s1. The van der Waals surface area contributed by atoms with Crippen LogP contribution >= 0.6 is 46.3 Å². The van der Waals surface area contributed by atoms with Crippen molar-refractivity contribution in [3.63, 3.8) is 0 Å². The van der Waals surface area contributed by atoms with Crippen molar-refractivity contribution in [2.75, 3.05) is 10.7 Å². The van der Waals surface area contributed by atoms with Crippen LogP contribution in [-0.2, 0) is 9.59 Å². The highest BCUT2D eigenvalue weighted by molar-refractivity contribution is 8.01. The van der Waals surface area contributed by atoms with E-state index in [4.69, 9.17) is 23.2 Å². The Morgan fingerprint density at radius 3 is 2.29 bits per heavy atom. The first-order valence-corrected chi connectivity index (χ1v) is 11.7. The van der Waals surface area contributed by atoms with Crippen molar-refractivity contribution in [3.05, 3.63) is 75.3 Å². The zero-order chi connectivity index (χ0) is 22.1. The molecule has 0 radical (unpaired) electrons.